The second-order valence-corrected chi connectivity index (χ2v) is 3.22. The molecule has 0 radical (unpaired) electrons. The van der Waals surface area contributed by atoms with E-state index in [1.54, 1.807) is 7.11 Å². The smallest absolute Gasteiger partial charge is 0.0800 e. The zero-order chi connectivity index (χ0) is 8.16. The molecule has 0 bridgehead atoms. The number of nitrogens with one attached hydrogen (secondary N) is 1. The third-order valence-corrected chi connectivity index (χ3v) is 2.06. The Morgan fingerprint density at radius 3 is 3.00 bits per heavy atom. The van der Waals surface area contributed by atoms with Gasteiger partial charge in [-0.1, -0.05) is 0 Å². The molecule has 1 rings (SSSR count). The Labute approximate surface area is 68.1 Å². The molecule has 1 atom stereocenters. The van der Waals surface area contributed by atoms with Gasteiger partial charge in [-0.15, -0.1) is 0 Å². The summed E-state index contributed by atoms with van der Waals surface area (Å²) in [6.45, 7) is 5.63. The van der Waals surface area contributed by atoms with Crippen molar-refractivity contribution in [1.29, 1.82) is 0 Å². The molecule has 3 nitrogen and oxygen atoms in total. The fourth-order valence-corrected chi connectivity index (χ4v) is 1.25. The molecule has 0 saturated carbocycles. The molecular formula is C8H17NO2. The third kappa shape index (κ3) is 2.77. The Bertz CT molecular complexity index is 111. The van der Waals surface area contributed by atoms with Crippen LogP contribution in [0.4, 0.5) is 0 Å². The van der Waals surface area contributed by atoms with E-state index in [0.717, 1.165) is 32.7 Å². The van der Waals surface area contributed by atoms with Gasteiger partial charge in [0, 0.05) is 33.2 Å². The van der Waals surface area contributed by atoms with Crippen molar-refractivity contribution in [2.75, 3.05) is 33.4 Å². The van der Waals surface area contributed by atoms with E-state index in [4.69, 9.17) is 9.47 Å². The van der Waals surface area contributed by atoms with Gasteiger partial charge >= 0.3 is 0 Å². The lowest BCUT2D eigenvalue weighted by molar-refractivity contribution is -0.0678. The molecule has 0 aromatic rings. The van der Waals surface area contributed by atoms with E-state index in [2.05, 4.69) is 12.2 Å². The van der Waals surface area contributed by atoms with Crippen LogP contribution in [-0.2, 0) is 9.47 Å². The van der Waals surface area contributed by atoms with Crippen molar-refractivity contribution in [2.45, 2.75) is 18.9 Å². The van der Waals surface area contributed by atoms with Gasteiger partial charge in [-0.2, -0.15) is 0 Å². The predicted molar refractivity (Wildman–Crippen MR) is 43.7 cm³/mol. The van der Waals surface area contributed by atoms with Gasteiger partial charge in [-0.05, 0) is 6.92 Å². The maximum atomic E-state index is 5.62. The third-order valence-electron chi connectivity index (χ3n) is 2.06. The molecule has 0 amide bonds. The van der Waals surface area contributed by atoms with Crippen molar-refractivity contribution in [3.8, 4) is 0 Å². The number of hydrogen-bond donors (Lipinski definition) is 1. The average molecular weight is 159 g/mol. The summed E-state index contributed by atoms with van der Waals surface area (Å²) in [6, 6.07) is 0. The number of ether oxygens (including phenoxy) is 2. The fourth-order valence-electron chi connectivity index (χ4n) is 1.25. The number of methoxy groups -OCH3 is 1. The monoisotopic (exact) mass is 159 g/mol. The Balaban J connectivity index is 2.25. The molecule has 0 spiro atoms. The topological polar surface area (TPSA) is 30.5 Å². The van der Waals surface area contributed by atoms with Gasteiger partial charge in [-0.3, -0.25) is 0 Å². The van der Waals surface area contributed by atoms with Crippen molar-refractivity contribution in [2.24, 2.45) is 0 Å². The number of morpholine rings is 1. The van der Waals surface area contributed by atoms with Crippen molar-refractivity contribution in [1.82, 2.24) is 5.32 Å². The fraction of sp³-hybridized carbons (Fsp3) is 1.00. The van der Waals surface area contributed by atoms with Crippen LogP contribution >= 0.6 is 0 Å². The van der Waals surface area contributed by atoms with Crippen molar-refractivity contribution in [3.63, 3.8) is 0 Å². The lowest BCUT2D eigenvalue weighted by Crippen LogP contribution is -2.48. The lowest BCUT2D eigenvalue weighted by Gasteiger charge is -2.34. The van der Waals surface area contributed by atoms with Gasteiger partial charge in [0.25, 0.3) is 0 Å². The molecule has 0 aliphatic carbocycles. The minimum atomic E-state index is -0.00569. The minimum Gasteiger partial charge on any atom is -0.385 e. The van der Waals surface area contributed by atoms with E-state index in [9.17, 15) is 0 Å². The van der Waals surface area contributed by atoms with Crippen LogP contribution in [0.5, 0.6) is 0 Å². The Hall–Kier alpha value is -0.120. The summed E-state index contributed by atoms with van der Waals surface area (Å²) in [4.78, 5) is 0. The maximum Gasteiger partial charge on any atom is 0.0800 e. The summed E-state index contributed by atoms with van der Waals surface area (Å²) >= 11 is 0. The van der Waals surface area contributed by atoms with Crippen LogP contribution in [0.2, 0.25) is 0 Å². The molecule has 1 aliphatic heterocycles. The first kappa shape index (κ1) is 8.97. The zero-order valence-corrected chi connectivity index (χ0v) is 7.35. The van der Waals surface area contributed by atoms with E-state index in [1.807, 2.05) is 0 Å². The quantitative estimate of drug-likeness (QED) is 0.646. The first-order valence-corrected chi connectivity index (χ1v) is 4.10. The van der Waals surface area contributed by atoms with E-state index >= 15 is 0 Å². The first-order chi connectivity index (χ1) is 5.27. The minimum absolute atomic E-state index is 0.00569. The first-order valence-electron chi connectivity index (χ1n) is 4.10. The molecule has 1 aliphatic rings. The van der Waals surface area contributed by atoms with E-state index in [1.165, 1.54) is 0 Å². The highest BCUT2D eigenvalue weighted by Gasteiger charge is 2.26. The summed E-state index contributed by atoms with van der Waals surface area (Å²) in [5.41, 5.74) is -0.00569. The molecular weight excluding hydrogens is 142 g/mol. The van der Waals surface area contributed by atoms with Gasteiger partial charge < -0.3 is 14.8 Å². The Morgan fingerprint density at radius 2 is 2.45 bits per heavy atom. The second-order valence-electron chi connectivity index (χ2n) is 3.22. The van der Waals surface area contributed by atoms with E-state index in [0.29, 0.717) is 0 Å². The molecule has 66 valence electrons. The lowest BCUT2D eigenvalue weighted by atomic mass is 10.0. The van der Waals surface area contributed by atoms with Gasteiger partial charge in [-0.25, -0.2) is 0 Å². The zero-order valence-electron chi connectivity index (χ0n) is 7.35. The van der Waals surface area contributed by atoms with Crippen LogP contribution < -0.4 is 5.32 Å². The number of rotatable bonds is 3. The summed E-state index contributed by atoms with van der Waals surface area (Å²) in [5, 5.41) is 3.30. The maximum absolute atomic E-state index is 5.62. The van der Waals surface area contributed by atoms with Crippen LogP contribution in [0, 0.1) is 0 Å². The Kier molecular flexibility index (Phi) is 3.30. The second kappa shape index (κ2) is 4.04. The van der Waals surface area contributed by atoms with Gasteiger partial charge in [0.05, 0.1) is 12.2 Å². The van der Waals surface area contributed by atoms with E-state index < -0.39 is 0 Å². The van der Waals surface area contributed by atoms with Crippen LogP contribution in [0.3, 0.4) is 0 Å². The van der Waals surface area contributed by atoms with E-state index in [-0.39, 0.29) is 5.60 Å². The van der Waals surface area contributed by atoms with Crippen LogP contribution in [0.1, 0.15) is 13.3 Å². The summed E-state index contributed by atoms with van der Waals surface area (Å²) in [7, 11) is 1.72. The summed E-state index contributed by atoms with van der Waals surface area (Å²) < 4.78 is 10.6. The molecule has 11 heavy (non-hydrogen) atoms. The molecule has 1 saturated heterocycles. The number of hydrogen-bond acceptors (Lipinski definition) is 3. The molecule has 1 N–H and O–H groups in total. The largest absolute Gasteiger partial charge is 0.385 e. The SMILES string of the molecule is COCCC1(C)CNCCO1. The average Bonchev–Trinajstić information content (AvgIpc) is 2.03. The molecule has 3 heteroatoms. The van der Waals surface area contributed by atoms with Crippen molar-refractivity contribution < 1.29 is 9.47 Å². The van der Waals surface area contributed by atoms with Crippen molar-refractivity contribution in [3.05, 3.63) is 0 Å². The highest BCUT2D eigenvalue weighted by molar-refractivity contribution is 4.80. The van der Waals surface area contributed by atoms with Crippen LogP contribution in [0.15, 0.2) is 0 Å². The summed E-state index contributed by atoms with van der Waals surface area (Å²) in [5.74, 6) is 0. The van der Waals surface area contributed by atoms with Gasteiger partial charge in [0.1, 0.15) is 0 Å². The normalized spacial score (nSPS) is 32.2. The van der Waals surface area contributed by atoms with Crippen molar-refractivity contribution >= 4 is 0 Å². The highest BCUT2D eigenvalue weighted by atomic mass is 16.5. The highest BCUT2D eigenvalue weighted by Crippen LogP contribution is 2.16. The van der Waals surface area contributed by atoms with Gasteiger partial charge in [0.2, 0.25) is 0 Å². The summed E-state index contributed by atoms with van der Waals surface area (Å²) in [6.07, 6.45) is 0.969. The van der Waals surface area contributed by atoms with Crippen LogP contribution in [-0.4, -0.2) is 39.0 Å². The van der Waals surface area contributed by atoms with Crippen LogP contribution in [0.25, 0.3) is 0 Å². The molecule has 0 aromatic carbocycles. The Morgan fingerprint density at radius 1 is 1.64 bits per heavy atom. The molecule has 0 aromatic heterocycles. The molecule has 1 unspecified atom stereocenters. The predicted octanol–water partition coefficient (Wildman–Crippen LogP) is 0.401. The standard InChI is InChI=1S/C8H17NO2/c1-8(3-5-10-2)7-9-4-6-11-8/h9H,3-7H2,1-2H3. The molecule has 1 heterocycles. The molecule has 1 fully saturated rings. The van der Waals surface area contributed by atoms with Gasteiger partial charge in [0.15, 0.2) is 0 Å².